The van der Waals surface area contributed by atoms with Gasteiger partial charge in [-0.3, -0.25) is 9.59 Å². The molecule has 1 aliphatic rings. The van der Waals surface area contributed by atoms with Gasteiger partial charge in [-0.25, -0.2) is 10.0 Å². The lowest BCUT2D eigenvalue weighted by molar-refractivity contribution is 0.000410. The topological polar surface area (TPSA) is 40.6 Å². The zero-order valence-electron chi connectivity index (χ0n) is 17.0. The van der Waals surface area contributed by atoms with Gasteiger partial charge in [0.25, 0.3) is 11.8 Å². The first-order valence-corrected chi connectivity index (χ1v) is 10.5. The number of benzene rings is 3. The largest absolute Gasteiger partial charge is 0.276 e. The minimum absolute atomic E-state index is 0.213. The summed E-state index contributed by atoms with van der Waals surface area (Å²) in [4.78, 5) is 26.0. The lowest BCUT2D eigenvalue weighted by Gasteiger charge is -2.30. The number of amides is 2. The summed E-state index contributed by atoms with van der Waals surface area (Å²) in [5, 5.41) is 3.30. The molecule has 4 nitrogen and oxygen atoms in total. The molecule has 0 atom stereocenters. The predicted octanol–water partition coefficient (Wildman–Crippen LogP) is 4.77. The van der Waals surface area contributed by atoms with Gasteiger partial charge in [0.1, 0.15) is 0 Å². The molecule has 0 unspecified atom stereocenters. The van der Waals surface area contributed by atoms with Crippen LogP contribution in [0.4, 0.5) is 0 Å². The van der Waals surface area contributed by atoms with E-state index in [9.17, 15) is 9.59 Å². The lowest BCUT2D eigenvalue weighted by atomic mass is 10.1. The van der Waals surface area contributed by atoms with E-state index in [-0.39, 0.29) is 11.8 Å². The molecule has 3 aromatic carbocycles. The van der Waals surface area contributed by atoms with E-state index in [1.165, 1.54) is 16.1 Å². The maximum atomic E-state index is 13.0. The van der Waals surface area contributed by atoms with Crippen LogP contribution in [0.1, 0.15) is 44.7 Å². The molecule has 0 fully saturated rings. The molecule has 3 aromatic rings. The zero-order chi connectivity index (χ0) is 20.8. The highest BCUT2D eigenvalue weighted by Gasteiger charge is 2.38. The summed E-state index contributed by atoms with van der Waals surface area (Å²) in [5.41, 5.74) is 3.53. The molecular weight excluding hydrogens is 372 g/mol. The fourth-order valence-corrected chi connectivity index (χ4v) is 3.97. The number of hydrogen-bond donors (Lipinski definition) is 0. The minimum Gasteiger partial charge on any atom is -0.267 e. The number of hydrogen-bond acceptors (Lipinski definition) is 3. The van der Waals surface area contributed by atoms with E-state index in [1.54, 1.807) is 12.1 Å². The fraction of sp³-hybridized carbons (Fsp3) is 0.231. The van der Waals surface area contributed by atoms with Gasteiger partial charge in [0.2, 0.25) is 0 Å². The Kier molecular flexibility index (Phi) is 6.35. The van der Waals surface area contributed by atoms with Crippen LogP contribution in [0.25, 0.3) is 0 Å². The first kappa shape index (κ1) is 20.0. The van der Waals surface area contributed by atoms with E-state index in [1.807, 2.05) is 53.5 Å². The monoisotopic (exact) mass is 398 g/mol. The molecule has 4 rings (SSSR count). The molecule has 0 bridgehead atoms. The number of rotatable bonds is 9. The van der Waals surface area contributed by atoms with Crippen molar-refractivity contribution in [2.45, 2.75) is 25.7 Å². The average Bonchev–Trinajstić information content (AvgIpc) is 3.05. The van der Waals surface area contributed by atoms with Crippen LogP contribution in [0, 0.1) is 0 Å². The third-order valence-electron chi connectivity index (χ3n) is 5.50. The summed E-state index contributed by atoms with van der Waals surface area (Å²) in [7, 11) is 0. The summed E-state index contributed by atoms with van der Waals surface area (Å²) < 4.78 is 0. The second-order valence-electron chi connectivity index (χ2n) is 7.60. The second-order valence-corrected chi connectivity index (χ2v) is 7.60. The summed E-state index contributed by atoms with van der Waals surface area (Å²) in [5.74, 6) is -0.426. The number of nitrogens with zero attached hydrogens (tertiary/aromatic N) is 2. The Labute approximate surface area is 177 Å². The summed E-state index contributed by atoms with van der Waals surface area (Å²) in [6.07, 6.45) is 3.59. The summed E-state index contributed by atoms with van der Waals surface area (Å²) >= 11 is 0. The molecule has 0 saturated heterocycles. The van der Waals surface area contributed by atoms with Crippen molar-refractivity contribution in [1.29, 1.82) is 0 Å². The molecule has 0 saturated carbocycles. The Balaban J connectivity index is 1.45. The van der Waals surface area contributed by atoms with Crippen molar-refractivity contribution in [3.8, 4) is 0 Å². The van der Waals surface area contributed by atoms with Crippen LogP contribution in [0.15, 0.2) is 84.9 Å². The lowest BCUT2D eigenvalue weighted by Crippen LogP contribution is -2.47. The second kappa shape index (κ2) is 9.51. The van der Waals surface area contributed by atoms with Crippen LogP contribution >= 0.6 is 0 Å². The van der Waals surface area contributed by atoms with Gasteiger partial charge in [0.05, 0.1) is 11.1 Å². The normalized spacial score (nSPS) is 13.2. The van der Waals surface area contributed by atoms with Gasteiger partial charge in [-0.1, -0.05) is 72.8 Å². The maximum Gasteiger partial charge on any atom is 0.276 e. The van der Waals surface area contributed by atoms with Gasteiger partial charge in [0.15, 0.2) is 0 Å². The van der Waals surface area contributed by atoms with Gasteiger partial charge in [-0.05, 0) is 48.9 Å². The van der Waals surface area contributed by atoms with Gasteiger partial charge >= 0.3 is 0 Å². The number of imide groups is 1. The van der Waals surface area contributed by atoms with Crippen LogP contribution in [-0.2, 0) is 12.8 Å². The number of hydrazine groups is 1. The highest BCUT2D eigenvalue weighted by atomic mass is 16.2. The van der Waals surface area contributed by atoms with Crippen LogP contribution in [-0.4, -0.2) is 34.9 Å². The van der Waals surface area contributed by atoms with Gasteiger partial charge in [-0.15, -0.1) is 0 Å². The SMILES string of the molecule is O=C1c2ccccc2C(=O)N1N(CCCc1ccccc1)CCCc1ccccc1. The molecule has 0 aromatic heterocycles. The average molecular weight is 399 g/mol. The van der Waals surface area contributed by atoms with E-state index in [4.69, 9.17) is 0 Å². The van der Waals surface area contributed by atoms with Crippen molar-refractivity contribution in [2.75, 3.05) is 13.1 Å². The third-order valence-corrected chi connectivity index (χ3v) is 5.50. The van der Waals surface area contributed by atoms with E-state index < -0.39 is 0 Å². The number of aryl methyl sites for hydroxylation is 2. The van der Waals surface area contributed by atoms with Gasteiger partial charge in [-0.2, -0.15) is 0 Å². The van der Waals surface area contributed by atoms with E-state index in [0.717, 1.165) is 25.7 Å². The van der Waals surface area contributed by atoms with Crippen molar-refractivity contribution in [2.24, 2.45) is 0 Å². The first-order chi connectivity index (χ1) is 14.7. The highest BCUT2D eigenvalue weighted by Crippen LogP contribution is 2.24. The molecule has 0 aliphatic carbocycles. The Morgan fingerprint density at radius 1 is 0.567 bits per heavy atom. The van der Waals surface area contributed by atoms with Crippen LogP contribution < -0.4 is 0 Å². The predicted molar refractivity (Wildman–Crippen MR) is 118 cm³/mol. The third kappa shape index (κ3) is 4.50. The first-order valence-electron chi connectivity index (χ1n) is 10.5. The standard InChI is InChI=1S/C26H26N2O2/c29-25-23-17-7-8-18-24(23)26(30)28(25)27(19-9-15-21-11-3-1-4-12-21)20-10-16-22-13-5-2-6-14-22/h1-8,11-14,17-18H,9-10,15-16,19-20H2. The molecule has 0 radical (unpaired) electrons. The molecule has 0 spiro atoms. The Morgan fingerprint density at radius 2 is 0.967 bits per heavy atom. The van der Waals surface area contributed by atoms with Gasteiger partial charge < -0.3 is 0 Å². The minimum atomic E-state index is -0.213. The summed E-state index contributed by atoms with van der Waals surface area (Å²) in [6, 6.07) is 27.7. The maximum absolute atomic E-state index is 13.0. The zero-order valence-corrected chi connectivity index (χ0v) is 17.0. The smallest absolute Gasteiger partial charge is 0.267 e. The molecule has 4 heteroatoms. The quantitative estimate of drug-likeness (QED) is 0.488. The fourth-order valence-electron chi connectivity index (χ4n) is 3.97. The van der Waals surface area contributed by atoms with Crippen molar-refractivity contribution >= 4 is 11.8 Å². The molecule has 2 amide bonds. The molecule has 30 heavy (non-hydrogen) atoms. The van der Waals surface area contributed by atoms with E-state index >= 15 is 0 Å². The molecular formula is C26H26N2O2. The van der Waals surface area contributed by atoms with Crippen molar-refractivity contribution in [3.63, 3.8) is 0 Å². The van der Waals surface area contributed by atoms with Crippen molar-refractivity contribution in [1.82, 2.24) is 10.0 Å². The Hall–Kier alpha value is -3.24. The highest BCUT2D eigenvalue weighted by molar-refractivity contribution is 6.20. The van der Waals surface area contributed by atoms with E-state index in [2.05, 4.69) is 24.3 Å². The van der Waals surface area contributed by atoms with Crippen molar-refractivity contribution < 1.29 is 9.59 Å². The van der Waals surface area contributed by atoms with Crippen LogP contribution in [0.5, 0.6) is 0 Å². The van der Waals surface area contributed by atoms with Crippen LogP contribution in [0.3, 0.4) is 0 Å². The molecule has 1 aliphatic heterocycles. The number of fused-ring (bicyclic) bond motifs is 1. The summed E-state index contributed by atoms with van der Waals surface area (Å²) in [6.45, 7) is 1.32. The molecule has 152 valence electrons. The molecule has 0 N–H and O–H groups in total. The Bertz CT molecular complexity index is 921. The van der Waals surface area contributed by atoms with Crippen LogP contribution in [0.2, 0.25) is 0 Å². The van der Waals surface area contributed by atoms with Gasteiger partial charge in [0, 0.05) is 13.1 Å². The molecule has 1 heterocycles. The number of carbonyl (C=O) groups is 2. The van der Waals surface area contributed by atoms with Crippen molar-refractivity contribution in [3.05, 3.63) is 107 Å². The van der Waals surface area contributed by atoms with E-state index in [0.29, 0.717) is 24.2 Å². The Morgan fingerprint density at radius 3 is 1.40 bits per heavy atom. The number of carbonyl (C=O) groups excluding carboxylic acids is 2.